The second-order valence-corrected chi connectivity index (χ2v) is 4.72. The van der Waals surface area contributed by atoms with Crippen molar-refractivity contribution < 1.29 is 12.6 Å². The second-order valence-electron chi connectivity index (χ2n) is 2.89. The van der Waals surface area contributed by atoms with Crippen molar-refractivity contribution in [3.05, 3.63) is 0 Å². The van der Waals surface area contributed by atoms with E-state index in [1.807, 2.05) is 13.8 Å². The molecule has 0 aliphatic carbocycles. The van der Waals surface area contributed by atoms with E-state index in [0.717, 1.165) is 6.42 Å². The third-order valence-corrected chi connectivity index (χ3v) is 4.19. The molecule has 1 fully saturated rings. The summed E-state index contributed by atoms with van der Waals surface area (Å²) in [7, 11) is -3.20. The molecule has 11 heavy (non-hydrogen) atoms. The van der Waals surface area contributed by atoms with Crippen molar-refractivity contribution in [1.29, 1.82) is 0 Å². The first-order valence-electron chi connectivity index (χ1n) is 4.00. The summed E-state index contributed by atoms with van der Waals surface area (Å²) in [5, 5.41) is -0.257. The van der Waals surface area contributed by atoms with Crippen LogP contribution in [0.2, 0.25) is 0 Å². The Balaban J connectivity index is 2.80. The SMILES string of the molecule is CCC1COS(=O)(=O)C1CC. The summed E-state index contributed by atoms with van der Waals surface area (Å²) >= 11 is 0. The predicted molar refractivity (Wildman–Crippen MR) is 42.7 cm³/mol. The first kappa shape index (κ1) is 9.00. The lowest BCUT2D eigenvalue weighted by atomic mass is 10.0. The van der Waals surface area contributed by atoms with E-state index in [0.29, 0.717) is 13.0 Å². The van der Waals surface area contributed by atoms with Gasteiger partial charge in [0.05, 0.1) is 11.9 Å². The predicted octanol–water partition coefficient (Wildman–Crippen LogP) is 1.15. The Morgan fingerprint density at radius 2 is 2.00 bits per heavy atom. The smallest absolute Gasteiger partial charge is 0.270 e. The van der Waals surface area contributed by atoms with Crippen LogP contribution >= 0.6 is 0 Å². The molecule has 1 saturated heterocycles. The average Bonchev–Trinajstić information content (AvgIpc) is 2.24. The summed E-state index contributed by atoms with van der Waals surface area (Å²) in [6, 6.07) is 0. The van der Waals surface area contributed by atoms with Gasteiger partial charge in [0.2, 0.25) is 0 Å². The van der Waals surface area contributed by atoms with Crippen molar-refractivity contribution >= 4 is 10.1 Å². The molecule has 1 aliphatic heterocycles. The molecule has 0 aromatic rings. The Hall–Kier alpha value is -0.0900. The fraction of sp³-hybridized carbons (Fsp3) is 1.00. The number of hydrogen-bond donors (Lipinski definition) is 0. The van der Waals surface area contributed by atoms with Crippen LogP contribution in [-0.4, -0.2) is 20.3 Å². The van der Waals surface area contributed by atoms with Crippen LogP contribution in [0.1, 0.15) is 26.7 Å². The van der Waals surface area contributed by atoms with Gasteiger partial charge in [-0.1, -0.05) is 13.8 Å². The quantitative estimate of drug-likeness (QED) is 0.596. The lowest BCUT2D eigenvalue weighted by molar-refractivity contribution is 0.302. The highest BCUT2D eigenvalue weighted by molar-refractivity contribution is 7.87. The minimum absolute atomic E-state index is 0.213. The molecule has 0 radical (unpaired) electrons. The molecule has 1 heterocycles. The monoisotopic (exact) mass is 178 g/mol. The molecule has 2 atom stereocenters. The van der Waals surface area contributed by atoms with Gasteiger partial charge in [0, 0.05) is 5.92 Å². The minimum Gasteiger partial charge on any atom is -0.270 e. The van der Waals surface area contributed by atoms with E-state index < -0.39 is 10.1 Å². The minimum atomic E-state index is -3.20. The van der Waals surface area contributed by atoms with E-state index in [-0.39, 0.29) is 11.2 Å². The molecule has 66 valence electrons. The van der Waals surface area contributed by atoms with Crippen LogP contribution < -0.4 is 0 Å². The average molecular weight is 178 g/mol. The highest BCUT2D eigenvalue weighted by Crippen LogP contribution is 2.28. The third kappa shape index (κ3) is 1.56. The van der Waals surface area contributed by atoms with Gasteiger partial charge in [0.25, 0.3) is 10.1 Å². The van der Waals surface area contributed by atoms with E-state index in [1.165, 1.54) is 0 Å². The van der Waals surface area contributed by atoms with Crippen molar-refractivity contribution in [2.45, 2.75) is 31.9 Å². The van der Waals surface area contributed by atoms with Gasteiger partial charge >= 0.3 is 0 Å². The van der Waals surface area contributed by atoms with Crippen molar-refractivity contribution in [2.24, 2.45) is 5.92 Å². The van der Waals surface area contributed by atoms with Gasteiger partial charge in [-0.3, -0.25) is 4.18 Å². The van der Waals surface area contributed by atoms with Crippen LogP contribution in [-0.2, 0) is 14.3 Å². The molecule has 0 spiro atoms. The maximum Gasteiger partial charge on any atom is 0.270 e. The van der Waals surface area contributed by atoms with E-state index in [1.54, 1.807) is 0 Å². The van der Waals surface area contributed by atoms with E-state index in [9.17, 15) is 8.42 Å². The summed E-state index contributed by atoms with van der Waals surface area (Å²) in [5.41, 5.74) is 0. The van der Waals surface area contributed by atoms with Gasteiger partial charge in [0.1, 0.15) is 0 Å². The summed E-state index contributed by atoms with van der Waals surface area (Å²) in [6.07, 6.45) is 1.55. The van der Waals surface area contributed by atoms with E-state index in [4.69, 9.17) is 4.18 Å². The Labute approximate surface area is 67.9 Å². The fourth-order valence-electron chi connectivity index (χ4n) is 1.53. The molecule has 3 nitrogen and oxygen atoms in total. The van der Waals surface area contributed by atoms with E-state index in [2.05, 4.69) is 0 Å². The highest BCUT2D eigenvalue weighted by atomic mass is 32.2. The molecular formula is C7H14O3S. The molecule has 0 aromatic carbocycles. The van der Waals surface area contributed by atoms with Crippen LogP contribution in [0.15, 0.2) is 0 Å². The van der Waals surface area contributed by atoms with Gasteiger partial charge in [-0.25, -0.2) is 0 Å². The molecular weight excluding hydrogens is 164 g/mol. The first-order valence-corrected chi connectivity index (χ1v) is 5.47. The zero-order valence-electron chi connectivity index (χ0n) is 6.91. The van der Waals surface area contributed by atoms with Crippen LogP contribution in [0.25, 0.3) is 0 Å². The molecule has 0 saturated carbocycles. The zero-order valence-corrected chi connectivity index (χ0v) is 7.73. The maximum absolute atomic E-state index is 11.1. The van der Waals surface area contributed by atoms with Gasteiger partial charge in [-0.05, 0) is 12.8 Å². The summed E-state index contributed by atoms with van der Waals surface area (Å²) in [4.78, 5) is 0. The van der Waals surface area contributed by atoms with Gasteiger partial charge < -0.3 is 0 Å². The van der Waals surface area contributed by atoms with Gasteiger partial charge in [-0.2, -0.15) is 8.42 Å². The lowest BCUT2D eigenvalue weighted by Gasteiger charge is -2.10. The van der Waals surface area contributed by atoms with Crippen molar-refractivity contribution in [1.82, 2.24) is 0 Å². The molecule has 1 aliphatic rings. The van der Waals surface area contributed by atoms with Crippen molar-refractivity contribution in [3.8, 4) is 0 Å². The molecule has 0 amide bonds. The number of hydrogen-bond acceptors (Lipinski definition) is 3. The van der Waals surface area contributed by atoms with Crippen LogP contribution in [0.5, 0.6) is 0 Å². The lowest BCUT2D eigenvalue weighted by Crippen LogP contribution is -2.20. The standard InChI is InChI=1S/C7H14O3S/c1-3-6-5-10-11(8,9)7(6)4-2/h6-7H,3-5H2,1-2H3. The molecule has 1 rings (SSSR count). The Morgan fingerprint density at radius 1 is 1.36 bits per heavy atom. The summed E-state index contributed by atoms with van der Waals surface area (Å²) in [5.74, 6) is 0.213. The third-order valence-electron chi connectivity index (χ3n) is 2.27. The Kier molecular flexibility index (Phi) is 2.54. The molecule has 4 heteroatoms. The normalized spacial score (nSPS) is 35.8. The molecule has 0 bridgehead atoms. The zero-order chi connectivity index (χ0) is 8.48. The van der Waals surface area contributed by atoms with Gasteiger partial charge in [0.15, 0.2) is 0 Å². The second kappa shape index (κ2) is 3.11. The molecule has 2 unspecified atom stereocenters. The van der Waals surface area contributed by atoms with E-state index >= 15 is 0 Å². The molecule has 0 aromatic heterocycles. The highest BCUT2D eigenvalue weighted by Gasteiger charge is 2.38. The fourth-order valence-corrected chi connectivity index (χ4v) is 3.22. The van der Waals surface area contributed by atoms with Crippen LogP contribution in [0.4, 0.5) is 0 Å². The summed E-state index contributed by atoms with van der Waals surface area (Å²) in [6.45, 7) is 4.27. The first-order chi connectivity index (χ1) is 5.11. The molecule has 0 N–H and O–H groups in total. The van der Waals surface area contributed by atoms with Crippen molar-refractivity contribution in [2.75, 3.05) is 6.61 Å². The van der Waals surface area contributed by atoms with Crippen LogP contribution in [0, 0.1) is 5.92 Å². The van der Waals surface area contributed by atoms with Gasteiger partial charge in [-0.15, -0.1) is 0 Å². The Bertz CT molecular complexity index is 220. The Morgan fingerprint density at radius 3 is 2.36 bits per heavy atom. The number of rotatable bonds is 2. The summed E-state index contributed by atoms with van der Waals surface area (Å²) < 4.78 is 27.0. The maximum atomic E-state index is 11.1. The topological polar surface area (TPSA) is 43.4 Å². The van der Waals surface area contributed by atoms with Crippen LogP contribution in [0.3, 0.4) is 0 Å². The largest absolute Gasteiger partial charge is 0.270 e. The van der Waals surface area contributed by atoms with Crippen molar-refractivity contribution in [3.63, 3.8) is 0 Å².